The molecule has 0 saturated carbocycles. The van der Waals surface area contributed by atoms with Gasteiger partial charge in [-0.2, -0.15) is 0 Å². The van der Waals surface area contributed by atoms with Crippen LogP contribution in [0.3, 0.4) is 0 Å². The first kappa shape index (κ1) is 9.92. The summed E-state index contributed by atoms with van der Waals surface area (Å²) in [5.74, 6) is 0.613. The topological polar surface area (TPSA) is 46.2 Å². The second kappa shape index (κ2) is 3.94. The summed E-state index contributed by atoms with van der Waals surface area (Å²) in [5.41, 5.74) is 5.69. The zero-order valence-electron chi connectivity index (χ0n) is 7.22. The molecule has 0 fully saturated rings. The van der Waals surface area contributed by atoms with Crippen LogP contribution in [-0.4, -0.2) is 17.3 Å². The van der Waals surface area contributed by atoms with Gasteiger partial charge in [-0.15, -0.1) is 0 Å². The van der Waals surface area contributed by atoms with E-state index in [1.54, 1.807) is 0 Å². The number of aliphatic hydroxyl groups is 1. The normalized spacial score (nSPS) is 17.4. The maximum absolute atomic E-state index is 8.63. The quantitative estimate of drug-likeness (QED) is 0.623. The average Bonchev–Trinajstić information content (AvgIpc) is 1.59. The Morgan fingerprint density at radius 3 is 2.30 bits per heavy atom. The Labute approximate surface area is 63.4 Å². The van der Waals surface area contributed by atoms with Gasteiger partial charge in [0.2, 0.25) is 0 Å². The second-order valence-electron chi connectivity index (χ2n) is 3.73. The Morgan fingerprint density at radius 2 is 2.00 bits per heavy atom. The van der Waals surface area contributed by atoms with E-state index in [1.165, 1.54) is 0 Å². The summed E-state index contributed by atoms with van der Waals surface area (Å²) in [6.07, 6.45) is 1.68. The van der Waals surface area contributed by atoms with Crippen LogP contribution < -0.4 is 5.73 Å². The molecule has 0 spiro atoms. The maximum atomic E-state index is 8.63. The smallest absolute Gasteiger partial charge is 0.0448 e. The van der Waals surface area contributed by atoms with Gasteiger partial charge in [-0.3, -0.25) is 0 Å². The van der Waals surface area contributed by atoms with Crippen LogP contribution in [0.2, 0.25) is 0 Å². The minimum absolute atomic E-state index is 0.178. The third kappa shape index (κ3) is 4.77. The highest BCUT2D eigenvalue weighted by molar-refractivity contribution is 4.78. The number of hydrogen-bond acceptors (Lipinski definition) is 2. The molecule has 1 unspecified atom stereocenters. The van der Waals surface area contributed by atoms with Crippen LogP contribution in [0.1, 0.15) is 33.6 Å². The highest BCUT2D eigenvalue weighted by Crippen LogP contribution is 2.16. The van der Waals surface area contributed by atoms with Gasteiger partial charge in [0.05, 0.1) is 0 Å². The van der Waals surface area contributed by atoms with Crippen molar-refractivity contribution in [1.29, 1.82) is 0 Å². The Kier molecular flexibility index (Phi) is 3.91. The SMILES string of the molecule is CC(C)CC(C)(N)CCO. The Hall–Kier alpha value is -0.0800. The maximum Gasteiger partial charge on any atom is 0.0448 e. The van der Waals surface area contributed by atoms with Crippen molar-refractivity contribution < 1.29 is 5.11 Å². The summed E-state index contributed by atoms with van der Waals surface area (Å²) in [6, 6.07) is 0. The summed E-state index contributed by atoms with van der Waals surface area (Å²) >= 11 is 0. The molecule has 0 aromatic heterocycles. The summed E-state index contributed by atoms with van der Waals surface area (Å²) in [6.45, 7) is 6.47. The van der Waals surface area contributed by atoms with E-state index < -0.39 is 0 Å². The molecule has 0 heterocycles. The van der Waals surface area contributed by atoms with Gasteiger partial charge in [-0.05, 0) is 25.7 Å². The van der Waals surface area contributed by atoms with Gasteiger partial charge < -0.3 is 10.8 Å². The van der Waals surface area contributed by atoms with Crippen LogP contribution in [0, 0.1) is 5.92 Å². The lowest BCUT2D eigenvalue weighted by Gasteiger charge is -2.25. The van der Waals surface area contributed by atoms with E-state index >= 15 is 0 Å². The van der Waals surface area contributed by atoms with Crippen molar-refractivity contribution in [3.8, 4) is 0 Å². The summed E-state index contributed by atoms with van der Waals surface area (Å²) in [4.78, 5) is 0. The highest BCUT2D eigenvalue weighted by atomic mass is 16.3. The molecule has 0 saturated heterocycles. The van der Waals surface area contributed by atoms with Crippen LogP contribution in [0.4, 0.5) is 0 Å². The Balaban J connectivity index is 3.63. The second-order valence-corrected chi connectivity index (χ2v) is 3.73. The highest BCUT2D eigenvalue weighted by Gasteiger charge is 2.18. The number of hydrogen-bond donors (Lipinski definition) is 2. The molecule has 0 rings (SSSR count). The van der Waals surface area contributed by atoms with E-state index in [9.17, 15) is 0 Å². The van der Waals surface area contributed by atoms with Crippen molar-refractivity contribution >= 4 is 0 Å². The zero-order valence-corrected chi connectivity index (χ0v) is 7.22. The molecule has 0 aromatic carbocycles. The van der Waals surface area contributed by atoms with Gasteiger partial charge in [0.1, 0.15) is 0 Å². The molecule has 0 amide bonds. The van der Waals surface area contributed by atoms with Gasteiger partial charge in [-0.1, -0.05) is 13.8 Å². The van der Waals surface area contributed by atoms with Crippen LogP contribution >= 0.6 is 0 Å². The molecule has 1 atom stereocenters. The fourth-order valence-electron chi connectivity index (χ4n) is 1.29. The molecule has 0 aliphatic carbocycles. The fourth-order valence-corrected chi connectivity index (χ4v) is 1.29. The van der Waals surface area contributed by atoms with Crippen molar-refractivity contribution in [3.05, 3.63) is 0 Å². The minimum atomic E-state index is -0.178. The first-order chi connectivity index (χ1) is 4.48. The minimum Gasteiger partial charge on any atom is -0.396 e. The third-order valence-electron chi connectivity index (χ3n) is 1.56. The molecule has 0 aromatic rings. The van der Waals surface area contributed by atoms with Crippen LogP contribution in [-0.2, 0) is 0 Å². The fraction of sp³-hybridized carbons (Fsp3) is 1.00. The van der Waals surface area contributed by atoms with E-state index in [0.29, 0.717) is 12.3 Å². The van der Waals surface area contributed by atoms with E-state index in [4.69, 9.17) is 10.8 Å². The summed E-state index contributed by atoms with van der Waals surface area (Å²) in [5, 5.41) is 8.63. The lowest BCUT2D eigenvalue weighted by molar-refractivity contribution is 0.229. The standard InChI is InChI=1S/C8H19NO/c1-7(2)6-8(3,9)4-5-10/h7,10H,4-6,9H2,1-3H3. The molecule has 2 heteroatoms. The van der Waals surface area contributed by atoms with Crippen molar-refractivity contribution in [2.75, 3.05) is 6.61 Å². The van der Waals surface area contributed by atoms with Gasteiger partial charge in [-0.25, -0.2) is 0 Å². The number of nitrogens with two attached hydrogens (primary N) is 1. The van der Waals surface area contributed by atoms with E-state index in [2.05, 4.69) is 13.8 Å². The zero-order chi connectivity index (χ0) is 8.20. The summed E-state index contributed by atoms with van der Waals surface area (Å²) in [7, 11) is 0. The van der Waals surface area contributed by atoms with Crippen LogP contribution in [0.15, 0.2) is 0 Å². The first-order valence-corrected chi connectivity index (χ1v) is 3.87. The van der Waals surface area contributed by atoms with Crippen LogP contribution in [0.5, 0.6) is 0 Å². The molecular weight excluding hydrogens is 126 g/mol. The molecule has 62 valence electrons. The van der Waals surface area contributed by atoms with E-state index in [0.717, 1.165) is 6.42 Å². The third-order valence-corrected chi connectivity index (χ3v) is 1.56. The van der Waals surface area contributed by atoms with E-state index in [-0.39, 0.29) is 12.1 Å². The monoisotopic (exact) mass is 145 g/mol. The van der Waals surface area contributed by atoms with Gasteiger partial charge in [0, 0.05) is 12.1 Å². The van der Waals surface area contributed by atoms with Crippen molar-refractivity contribution in [1.82, 2.24) is 0 Å². The molecule has 0 aliphatic heterocycles. The number of aliphatic hydroxyl groups excluding tert-OH is 1. The largest absolute Gasteiger partial charge is 0.396 e. The lowest BCUT2D eigenvalue weighted by Crippen LogP contribution is -2.38. The Bertz CT molecular complexity index is 89.3. The average molecular weight is 145 g/mol. The predicted octanol–water partition coefficient (Wildman–Crippen LogP) is 1.13. The molecule has 10 heavy (non-hydrogen) atoms. The Morgan fingerprint density at radius 1 is 1.50 bits per heavy atom. The van der Waals surface area contributed by atoms with Gasteiger partial charge >= 0.3 is 0 Å². The molecule has 3 N–H and O–H groups in total. The van der Waals surface area contributed by atoms with Crippen molar-refractivity contribution in [2.24, 2.45) is 11.7 Å². The molecule has 0 aliphatic rings. The van der Waals surface area contributed by atoms with Crippen molar-refractivity contribution in [2.45, 2.75) is 39.2 Å². The van der Waals surface area contributed by atoms with Crippen molar-refractivity contribution in [3.63, 3.8) is 0 Å². The summed E-state index contributed by atoms with van der Waals surface area (Å²) < 4.78 is 0. The van der Waals surface area contributed by atoms with Crippen LogP contribution in [0.25, 0.3) is 0 Å². The molecule has 0 radical (unpaired) electrons. The molecular formula is C8H19NO. The van der Waals surface area contributed by atoms with Gasteiger partial charge in [0.25, 0.3) is 0 Å². The van der Waals surface area contributed by atoms with Gasteiger partial charge in [0.15, 0.2) is 0 Å². The first-order valence-electron chi connectivity index (χ1n) is 3.87. The molecule has 0 bridgehead atoms. The lowest BCUT2D eigenvalue weighted by atomic mass is 9.89. The molecule has 2 nitrogen and oxygen atoms in total. The predicted molar refractivity (Wildman–Crippen MR) is 43.8 cm³/mol. The van der Waals surface area contributed by atoms with E-state index in [1.807, 2.05) is 6.92 Å². The number of rotatable bonds is 4.